The van der Waals surface area contributed by atoms with Gasteiger partial charge in [-0.05, 0) is 23.6 Å². The van der Waals surface area contributed by atoms with Gasteiger partial charge in [0.25, 0.3) is 0 Å². The van der Waals surface area contributed by atoms with Crippen LogP contribution in [0.5, 0.6) is 5.75 Å². The highest BCUT2D eigenvalue weighted by Crippen LogP contribution is 2.23. The van der Waals surface area contributed by atoms with Crippen LogP contribution in [0.2, 0.25) is 0 Å². The minimum atomic E-state index is -0.262. The van der Waals surface area contributed by atoms with Crippen molar-refractivity contribution in [2.45, 2.75) is 19.4 Å². The molecule has 1 aromatic carbocycles. The molecule has 1 saturated heterocycles. The van der Waals surface area contributed by atoms with Crippen LogP contribution in [0, 0.1) is 5.92 Å². The number of hydrogen-bond acceptors (Lipinski definition) is 3. The molecule has 1 aliphatic rings. The van der Waals surface area contributed by atoms with Crippen molar-refractivity contribution in [2.75, 3.05) is 13.7 Å². The predicted molar refractivity (Wildman–Crippen MR) is 75.8 cm³/mol. The second-order valence-electron chi connectivity index (χ2n) is 5.11. The van der Waals surface area contributed by atoms with E-state index in [1.54, 1.807) is 12.0 Å². The molecule has 110 valence electrons. The lowest BCUT2D eigenvalue weighted by molar-refractivity contribution is -0.128. The molecule has 1 aliphatic heterocycles. The normalized spacial score (nSPS) is 17.5. The van der Waals surface area contributed by atoms with Crippen molar-refractivity contribution in [1.82, 2.24) is 4.90 Å². The Morgan fingerprint density at radius 3 is 2.81 bits per heavy atom. The second-order valence-corrected chi connectivity index (χ2v) is 5.11. The van der Waals surface area contributed by atoms with Gasteiger partial charge in [0.2, 0.25) is 11.7 Å². The lowest BCUT2D eigenvalue weighted by Gasteiger charge is -2.16. The lowest BCUT2D eigenvalue weighted by atomic mass is 10.0. The molecule has 6 nitrogen and oxygen atoms in total. The second kappa shape index (κ2) is 6.81. The zero-order valence-corrected chi connectivity index (χ0v) is 11.9. The first-order chi connectivity index (χ1) is 10.1. The molecule has 0 aromatic heterocycles. The maximum atomic E-state index is 12.0. The average Bonchev–Trinajstić information content (AvgIpc) is 2.79. The van der Waals surface area contributed by atoms with E-state index < -0.39 is 0 Å². The van der Waals surface area contributed by atoms with Gasteiger partial charge < -0.3 is 15.2 Å². The van der Waals surface area contributed by atoms with Gasteiger partial charge in [-0.1, -0.05) is 12.1 Å². The topological polar surface area (TPSA) is 83.0 Å². The fraction of sp³-hybridized carbons (Fsp3) is 0.400. The van der Waals surface area contributed by atoms with E-state index in [4.69, 9.17) is 10.3 Å². The van der Waals surface area contributed by atoms with E-state index in [2.05, 4.69) is 4.79 Å². The van der Waals surface area contributed by atoms with Gasteiger partial charge in [0.05, 0.1) is 7.11 Å². The van der Waals surface area contributed by atoms with Gasteiger partial charge in [0, 0.05) is 25.9 Å². The smallest absolute Gasteiger partial charge is 0.323 e. The van der Waals surface area contributed by atoms with Crippen LogP contribution < -0.4 is 4.74 Å². The fourth-order valence-corrected chi connectivity index (χ4v) is 2.50. The number of methoxy groups -OCH3 is 1. The molecule has 0 bridgehead atoms. The summed E-state index contributed by atoms with van der Waals surface area (Å²) in [6, 6.07) is 7.55. The summed E-state index contributed by atoms with van der Waals surface area (Å²) in [5.74, 6) is 0.547. The SMILES string of the molecule is COc1ccc(CN2CC(CC(=O)C=[N+]=[N-])CC2=O)cc1. The van der Waals surface area contributed by atoms with Gasteiger partial charge in [-0.25, -0.2) is 0 Å². The number of amides is 1. The number of hydrogen-bond donors (Lipinski definition) is 0. The Bertz CT molecular complexity index is 576. The molecule has 21 heavy (non-hydrogen) atoms. The summed E-state index contributed by atoms with van der Waals surface area (Å²) in [7, 11) is 1.61. The standard InChI is InChI=1S/C15H17N3O3/c1-21-14-4-2-11(3-5-14)9-18-10-12(7-15(18)20)6-13(19)8-17-16/h2-5,8,12H,6-7,9-10H2,1H3. The Labute approximate surface area is 122 Å². The Balaban J connectivity index is 1.93. The van der Waals surface area contributed by atoms with Crippen LogP contribution in [-0.2, 0) is 16.1 Å². The number of nitrogens with zero attached hydrogens (tertiary/aromatic N) is 3. The van der Waals surface area contributed by atoms with Crippen molar-refractivity contribution in [3.05, 3.63) is 35.4 Å². The molecule has 0 spiro atoms. The zero-order chi connectivity index (χ0) is 15.2. The van der Waals surface area contributed by atoms with Crippen molar-refractivity contribution in [2.24, 2.45) is 5.92 Å². The molecule has 0 N–H and O–H groups in total. The Morgan fingerprint density at radius 1 is 1.48 bits per heavy atom. The van der Waals surface area contributed by atoms with Gasteiger partial charge in [-0.3, -0.25) is 9.59 Å². The first-order valence-electron chi connectivity index (χ1n) is 6.73. The van der Waals surface area contributed by atoms with Crippen LogP contribution >= 0.6 is 0 Å². The summed E-state index contributed by atoms with van der Waals surface area (Å²) < 4.78 is 5.09. The van der Waals surface area contributed by atoms with Crippen LogP contribution in [0.25, 0.3) is 5.53 Å². The molecule has 2 rings (SSSR count). The molecule has 0 saturated carbocycles. The number of carbonyl (C=O) groups excluding carboxylic acids is 2. The summed E-state index contributed by atoms with van der Waals surface area (Å²) in [6.07, 6.45) is 1.48. The first kappa shape index (κ1) is 14.9. The molecule has 1 atom stereocenters. The van der Waals surface area contributed by atoms with E-state index in [0.29, 0.717) is 19.5 Å². The van der Waals surface area contributed by atoms with Gasteiger partial charge in [-0.2, -0.15) is 4.79 Å². The van der Waals surface area contributed by atoms with Crippen LogP contribution in [0.1, 0.15) is 18.4 Å². The number of ether oxygens (including phenoxy) is 1. The number of benzene rings is 1. The maximum absolute atomic E-state index is 12.0. The molecule has 6 heteroatoms. The van der Waals surface area contributed by atoms with Crippen LogP contribution in [0.15, 0.2) is 24.3 Å². The highest BCUT2D eigenvalue weighted by molar-refractivity contribution is 6.25. The van der Waals surface area contributed by atoms with E-state index in [1.807, 2.05) is 24.3 Å². The van der Waals surface area contributed by atoms with Crippen molar-refractivity contribution in [1.29, 1.82) is 0 Å². The third-order valence-electron chi connectivity index (χ3n) is 3.52. The van der Waals surface area contributed by atoms with Crippen LogP contribution in [-0.4, -0.2) is 41.2 Å². The number of likely N-dealkylation sites (tertiary alicyclic amines) is 1. The van der Waals surface area contributed by atoms with E-state index in [9.17, 15) is 9.59 Å². The number of carbonyl (C=O) groups is 2. The van der Waals surface area contributed by atoms with E-state index in [-0.39, 0.29) is 24.0 Å². The highest BCUT2D eigenvalue weighted by atomic mass is 16.5. The largest absolute Gasteiger partial charge is 0.497 e. The summed E-state index contributed by atoms with van der Waals surface area (Å²) >= 11 is 0. The minimum absolute atomic E-state index is 0.0127. The summed E-state index contributed by atoms with van der Waals surface area (Å²) in [5, 5.41) is 0. The van der Waals surface area contributed by atoms with E-state index >= 15 is 0 Å². The Morgan fingerprint density at radius 2 is 2.19 bits per heavy atom. The molecule has 1 amide bonds. The summed E-state index contributed by atoms with van der Waals surface area (Å²) in [5.41, 5.74) is 9.33. The predicted octanol–water partition coefficient (Wildman–Crippen LogP) is 1.30. The Hall–Kier alpha value is -2.46. The molecule has 0 radical (unpaired) electrons. The average molecular weight is 287 g/mol. The molecular formula is C15H17N3O3. The minimum Gasteiger partial charge on any atom is -0.497 e. The first-order valence-corrected chi connectivity index (χ1v) is 6.73. The quantitative estimate of drug-likeness (QED) is 0.449. The van der Waals surface area contributed by atoms with Gasteiger partial charge in [0.15, 0.2) is 0 Å². The maximum Gasteiger partial charge on any atom is 0.323 e. The molecule has 1 heterocycles. The monoisotopic (exact) mass is 287 g/mol. The van der Waals surface area contributed by atoms with Crippen LogP contribution in [0.4, 0.5) is 0 Å². The van der Waals surface area contributed by atoms with Crippen LogP contribution in [0.3, 0.4) is 0 Å². The molecule has 1 unspecified atom stereocenters. The highest BCUT2D eigenvalue weighted by Gasteiger charge is 2.31. The zero-order valence-electron chi connectivity index (χ0n) is 11.9. The van der Waals surface area contributed by atoms with Gasteiger partial charge in [0.1, 0.15) is 5.75 Å². The van der Waals surface area contributed by atoms with Crippen molar-refractivity contribution in [3.8, 4) is 5.75 Å². The Kier molecular flexibility index (Phi) is 4.85. The van der Waals surface area contributed by atoms with Crippen molar-refractivity contribution in [3.63, 3.8) is 0 Å². The van der Waals surface area contributed by atoms with Crippen molar-refractivity contribution >= 4 is 17.9 Å². The van der Waals surface area contributed by atoms with Gasteiger partial charge in [-0.15, -0.1) is 0 Å². The van der Waals surface area contributed by atoms with Gasteiger partial charge >= 0.3 is 6.21 Å². The summed E-state index contributed by atoms with van der Waals surface area (Å²) in [6.45, 7) is 1.08. The number of ketones is 1. The third kappa shape index (κ3) is 4.00. The molecular weight excluding hydrogens is 270 g/mol. The molecule has 1 fully saturated rings. The lowest BCUT2D eigenvalue weighted by Crippen LogP contribution is -2.24. The molecule has 0 aliphatic carbocycles. The third-order valence-corrected chi connectivity index (χ3v) is 3.52. The molecule has 1 aromatic rings. The van der Waals surface area contributed by atoms with E-state index in [0.717, 1.165) is 17.5 Å². The van der Waals surface area contributed by atoms with E-state index in [1.165, 1.54) is 0 Å². The summed E-state index contributed by atoms with van der Waals surface area (Å²) in [4.78, 5) is 27.8. The number of rotatable bonds is 6. The number of Topliss-reactive ketones (excluding diaryl/α,β-unsaturated/α-hetero) is 1. The fourth-order valence-electron chi connectivity index (χ4n) is 2.50. The van der Waals surface area contributed by atoms with Crippen molar-refractivity contribution < 1.29 is 19.1 Å².